The molecule has 0 fully saturated rings. The first-order valence-electron chi connectivity index (χ1n) is 13.1. The third kappa shape index (κ3) is 7.43. The second-order valence-corrected chi connectivity index (χ2v) is 9.98. The van der Waals surface area contributed by atoms with Gasteiger partial charge in [0.15, 0.2) is 11.0 Å². The monoisotopic (exact) mass is 594 g/mol. The van der Waals surface area contributed by atoms with Crippen LogP contribution in [0.4, 0.5) is 5.69 Å². The summed E-state index contributed by atoms with van der Waals surface area (Å²) in [6, 6.07) is 30.8. The fourth-order valence-corrected chi connectivity index (χ4v) is 4.82. The normalized spacial score (nSPS) is 10.9. The lowest BCUT2D eigenvalue weighted by atomic mass is 10.1. The Morgan fingerprint density at radius 2 is 1.72 bits per heavy atom. The third-order valence-corrected chi connectivity index (χ3v) is 7.10. The van der Waals surface area contributed by atoms with Crippen molar-refractivity contribution in [3.63, 3.8) is 0 Å². The molecule has 216 valence electrons. The minimum atomic E-state index is -0.464. The maximum atomic E-state index is 12.6. The van der Waals surface area contributed by atoms with Gasteiger partial charge in [-0.3, -0.25) is 19.5 Å². The highest BCUT2D eigenvalue weighted by Crippen LogP contribution is 2.28. The molecule has 0 bridgehead atoms. The first kappa shape index (κ1) is 29.0. The maximum absolute atomic E-state index is 12.6. The molecule has 0 aliphatic heterocycles. The number of aromatic nitrogens is 3. The number of benzene rings is 4. The SMILES string of the molecule is COc1cc(C=NNC(=O)CSc2nnc(-c3ccccc3)n2-c2ccccc2)ccc1COc1ccc([N+](=O)[O-])cc1. The Hall–Kier alpha value is -5.49. The summed E-state index contributed by atoms with van der Waals surface area (Å²) >= 11 is 1.26. The average molecular weight is 595 g/mol. The van der Waals surface area contributed by atoms with Gasteiger partial charge in [-0.05, 0) is 35.9 Å². The second kappa shape index (κ2) is 13.9. The number of hydrogen-bond donors (Lipinski definition) is 1. The highest BCUT2D eigenvalue weighted by Gasteiger charge is 2.17. The molecular formula is C31H26N6O5S. The first-order chi connectivity index (χ1) is 21.0. The van der Waals surface area contributed by atoms with Crippen LogP contribution in [0.5, 0.6) is 11.5 Å². The molecule has 11 nitrogen and oxygen atoms in total. The summed E-state index contributed by atoms with van der Waals surface area (Å²) in [4.78, 5) is 23.0. The van der Waals surface area contributed by atoms with E-state index >= 15 is 0 Å². The van der Waals surface area contributed by atoms with Gasteiger partial charge in [-0.15, -0.1) is 10.2 Å². The van der Waals surface area contributed by atoms with E-state index in [9.17, 15) is 14.9 Å². The van der Waals surface area contributed by atoms with Crippen LogP contribution in [0.1, 0.15) is 11.1 Å². The van der Waals surface area contributed by atoms with E-state index in [0.29, 0.717) is 28.0 Å². The van der Waals surface area contributed by atoms with Gasteiger partial charge >= 0.3 is 0 Å². The van der Waals surface area contributed by atoms with Gasteiger partial charge < -0.3 is 9.47 Å². The van der Waals surface area contributed by atoms with Crippen LogP contribution < -0.4 is 14.9 Å². The van der Waals surface area contributed by atoms with Crippen LogP contribution in [0.15, 0.2) is 113 Å². The lowest BCUT2D eigenvalue weighted by Gasteiger charge is -2.11. The number of para-hydroxylation sites is 1. The number of carbonyl (C=O) groups is 1. The Bertz CT molecular complexity index is 1730. The lowest BCUT2D eigenvalue weighted by molar-refractivity contribution is -0.384. The fourth-order valence-electron chi connectivity index (χ4n) is 4.07. The molecule has 0 atom stereocenters. The zero-order chi connectivity index (χ0) is 30.0. The predicted molar refractivity (Wildman–Crippen MR) is 164 cm³/mol. The fraction of sp³-hybridized carbons (Fsp3) is 0.0968. The number of rotatable bonds is 12. The van der Waals surface area contributed by atoms with E-state index in [-0.39, 0.29) is 24.0 Å². The molecule has 5 rings (SSSR count). The molecule has 0 spiro atoms. The van der Waals surface area contributed by atoms with Gasteiger partial charge in [0.2, 0.25) is 0 Å². The molecule has 0 aliphatic carbocycles. The van der Waals surface area contributed by atoms with Crippen LogP contribution >= 0.6 is 11.8 Å². The van der Waals surface area contributed by atoms with E-state index < -0.39 is 4.92 Å². The van der Waals surface area contributed by atoms with Crippen molar-refractivity contribution < 1.29 is 19.2 Å². The summed E-state index contributed by atoms with van der Waals surface area (Å²) in [5.74, 6) is 1.53. The number of non-ortho nitro benzene ring substituents is 1. The second-order valence-electron chi connectivity index (χ2n) is 9.04. The van der Waals surface area contributed by atoms with Crippen molar-refractivity contribution in [2.75, 3.05) is 12.9 Å². The molecule has 5 aromatic rings. The number of ether oxygens (including phenoxy) is 2. The van der Waals surface area contributed by atoms with E-state index in [1.54, 1.807) is 25.3 Å². The summed E-state index contributed by atoms with van der Waals surface area (Å²) < 4.78 is 13.2. The molecule has 1 amide bonds. The van der Waals surface area contributed by atoms with E-state index in [1.807, 2.05) is 77.4 Å². The number of amides is 1. The minimum Gasteiger partial charge on any atom is -0.496 e. The van der Waals surface area contributed by atoms with Crippen molar-refractivity contribution in [2.24, 2.45) is 5.10 Å². The summed E-state index contributed by atoms with van der Waals surface area (Å²) in [7, 11) is 1.54. The molecule has 0 saturated heterocycles. The molecule has 0 aliphatic rings. The zero-order valence-electron chi connectivity index (χ0n) is 23.0. The lowest BCUT2D eigenvalue weighted by Crippen LogP contribution is -2.20. The van der Waals surface area contributed by atoms with Crippen LogP contribution in [0.3, 0.4) is 0 Å². The summed E-state index contributed by atoms with van der Waals surface area (Å²) in [6.07, 6.45) is 1.52. The molecule has 0 saturated carbocycles. The Morgan fingerprint density at radius 1 is 1.00 bits per heavy atom. The molecule has 1 aromatic heterocycles. The van der Waals surface area contributed by atoms with Crippen LogP contribution in [0.2, 0.25) is 0 Å². The van der Waals surface area contributed by atoms with Gasteiger partial charge in [-0.25, -0.2) is 5.43 Å². The zero-order valence-corrected chi connectivity index (χ0v) is 23.8. The largest absolute Gasteiger partial charge is 0.496 e. The molecule has 0 radical (unpaired) electrons. The number of carbonyl (C=O) groups excluding carboxylic acids is 1. The standard InChI is InChI=1S/C31H26N6O5S/c1-41-28-18-22(12-13-24(28)20-42-27-16-14-26(15-17-27)37(39)40)19-32-33-29(38)21-43-31-35-34-30(23-8-4-2-5-9-23)36(31)25-10-6-3-7-11-25/h2-19H,20-21H2,1H3,(H,33,38). The van der Waals surface area contributed by atoms with Crippen molar-refractivity contribution in [2.45, 2.75) is 11.8 Å². The number of nitro benzene ring substituents is 1. The quantitative estimate of drug-likeness (QED) is 0.0845. The van der Waals surface area contributed by atoms with Gasteiger partial charge in [0.25, 0.3) is 11.6 Å². The Labute approximate surface area is 251 Å². The average Bonchev–Trinajstić information content (AvgIpc) is 3.48. The molecule has 1 heterocycles. The van der Waals surface area contributed by atoms with Gasteiger partial charge in [0, 0.05) is 28.9 Å². The number of nitrogens with zero attached hydrogens (tertiary/aromatic N) is 5. The van der Waals surface area contributed by atoms with E-state index in [2.05, 4.69) is 20.7 Å². The van der Waals surface area contributed by atoms with Crippen LogP contribution in [-0.2, 0) is 11.4 Å². The number of methoxy groups -OCH3 is 1. The van der Waals surface area contributed by atoms with Gasteiger partial charge in [-0.2, -0.15) is 5.10 Å². The first-order valence-corrected chi connectivity index (χ1v) is 14.1. The van der Waals surface area contributed by atoms with Gasteiger partial charge in [0.05, 0.1) is 24.0 Å². The highest BCUT2D eigenvalue weighted by atomic mass is 32.2. The Morgan fingerprint density at radius 3 is 2.42 bits per heavy atom. The number of nitrogens with one attached hydrogen (secondary N) is 1. The number of nitro groups is 1. The van der Waals surface area contributed by atoms with Crippen LogP contribution in [0, 0.1) is 10.1 Å². The van der Waals surface area contributed by atoms with Crippen molar-refractivity contribution >= 4 is 29.6 Å². The van der Waals surface area contributed by atoms with Crippen LogP contribution in [-0.4, -0.2) is 44.7 Å². The topological polar surface area (TPSA) is 134 Å². The molecule has 0 unspecified atom stereocenters. The summed E-state index contributed by atoms with van der Waals surface area (Å²) in [6.45, 7) is 0.200. The van der Waals surface area contributed by atoms with Crippen molar-refractivity contribution in [3.8, 4) is 28.6 Å². The number of thioether (sulfide) groups is 1. The molecule has 1 N–H and O–H groups in total. The molecule has 4 aromatic carbocycles. The number of hydrogen-bond acceptors (Lipinski definition) is 9. The predicted octanol–water partition coefficient (Wildman–Crippen LogP) is 5.67. The van der Waals surface area contributed by atoms with Crippen molar-refractivity contribution in [1.82, 2.24) is 20.2 Å². The number of hydrazone groups is 1. The van der Waals surface area contributed by atoms with E-state index in [4.69, 9.17) is 9.47 Å². The molecular weight excluding hydrogens is 568 g/mol. The minimum absolute atomic E-state index is 0.00749. The smallest absolute Gasteiger partial charge is 0.269 e. The summed E-state index contributed by atoms with van der Waals surface area (Å²) in [5.41, 5.74) is 5.83. The van der Waals surface area contributed by atoms with E-state index in [0.717, 1.165) is 16.8 Å². The Kier molecular flexibility index (Phi) is 9.39. The van der Waals surface area contributed by atoms with Crippen molar-refractivity contribution in [3.05, 3.63) is 124 Å². The van der Waals surface area contributed by atoms with Crippen LogP contribution in [0.25, 0.3) is 17.1 Å². The highest BCUT2D eigenvalue weighted by molar-refractivity contribution is 7.99. The summed E-state index contributed by atoms with van der Waals surface area (Å²) in [5, 5.41) is 24.2. The van der Waals surface area contributed by atoms with Crippen molar-refractivity contribution in [1.29, 1.82) is 0 Å². The maximum Gasteiger partial charge on any atom is 0.269 e. The van der Waals surface area contributed by atoms with Gasteiger partial charge in [0.1, 0.15) is 18.1 Å². The van der Waals surface area contributed by atoms with E-state index in [1.165, 1.54) is 30.1 Å². The Balaban J connectivity index is 1.19. The molecule has 43 heavy (non-hydrogen) atoms. The molecule has 12 heteroatoms. The third-order valence-electron chi connectivity index (χ3n) is 6.17. The van der Waals surface area contributed by atoms with Gasteiger partial charge in [-0.1, -0.05) is 72.4 Å².